The molecule has 158 valence electrons. The quantitative estimate of drug-likeness (QED) is 0.474. The fourth-order valence-electron chi connectivity index (χ4n) is 3.95. The van der Waals surface area contributed by atoms with Crippen LogP contribution >= 0.6 is 11.3 Å². The summed E-state index contributed by atoms with van der Waals surface area (Å²) in [5.74, 6) is 0.0362. The zero-order valence-electron chi connectivity index (χ0n) is 17.0. The molecule has 1 aliphatic rings. The third-order valence-corrected chi connectivity index (χ3v) is 7.81. The van der Waals surface area contributed by atoms with E-state index in [-0.39, 0.29) is 10.8 Å². The summed E-state index contributed by atoms with van der Waals surface area (Å²) in [6.45, 7) is 2.52. The van der Waals surface area contributed by atoms with Crippen molar-refractivity contribution in [2.24, 2.45) is 0 Å². The van der Waals surface area contributed by atoms with Gasteiger partial charge in [-0.25, -0.2) is 13.4 Å². The molecule has 0 spiro atoms. The van der Waals surface area contributed by atoms with Gasteiger partial charge < -0.3 is 9.80 Å². The molecule has 0 bridgehead atoms. The highest BCUT2D eigenvalue weighted by atomic mass is 32.2. The molecule has 6 nitrogen and oxygen atoms in total. The smallest absolute Gasteiger partial charge is 0.253 e. The van der Waals surface area contributed by atoms with Crippen molar-refractivity contribution in [2.45, 2.75) is 4.90 Å². The van der Waals surface area contributed by atoms with Crippen LogP contribution in [0.25, 0.3) is 21.0 Å². The van der Waals surface area contributed by atoms with Crippen LogP contribution in [-0.2, 0) is 9.84 Å². The number of carbonyl (C=O) groups is 1. The number of thiazole rings is 1. The van der Waals surface area contributed by atoms with Crippen molar-refractivity contribution in [1.82, 2.24) is 9.88 Å². The number of carbonyl (C=O) groups excluding carboxylic acids is 1. The van der Waals surface area contributed by atoms with E-state index in [9.17, 15) is 13.2 Å². The first-order chi connectivity index (χ1) is 14.9. The van der Waals surface area contributed by atoms with Gasteiger partial charge in [-0.3, -0.25) is 4.79 Å². The number of nitrogens with zero attached hydrogens (tertiary/aromatic N) is 3. The molecule has 1 aliphatic heterocycles. The van der Waals surface area contributed by atoms with E-state index in [0.717, 1.165) is 20.6 Å². The van der Waals surface area contributed by atoms with Gasteiger partial charge in [0.05, 0.1) is 9.60 Å². The fourth-order valence-corrected chi connectivity index (χ4v) is 5.89. The summed E-state index contributed by atoms with van der Waals surface area (Å²) in [4.78, 5) is 21.9. The molecular weight excluding hydrogens is 430 g/mol. The Labute approximate surface area is 184 Å². The van der Waals surface area contributed by atoms with Crippen LogP contribution in [0.4, 0.5) is 5.13 Å². The van der Waals surface area contributed by atoms with Crippen LogP contribution in [-0.4, -0.2) is 56.6 Å². The maximum atomic E-state index is 13.0. The van der Waals surface area contributed by atoms with Crippen molar-refractivity contribution in [2.75, 3.05) is 37.3 Å². The second kappa shape index (κ2) is 7.62. The third-order valence-electron chi connectivity index (χ3n) is 5.60. The molecule has 0 radical (unpaired) electrons. The van der Waals surface area contributed by atoms with Crippen LogP contribution in [0.5, 0.6) is 0 Å². The van der Waals surface area contributed by atoms with Gasteiger partial charge >= 0.3 is 0 Å². The van der Waals surface area contributed by atoms with Gasteiger partial charge in [-0.1, -0.05) is 47.7 Å². The lowest BCUT2D eigenvalue weighted by Crippen LogP contribution is -2.48. The fraction of sp³-hybridized carbons (Fsp3) is 0.217. The summed E-state index contributed by atoms with van der Waals surface area (Å²) in [5, 5.41) is 2.97. The van der Waals surface area contributed by atoms with E-state index < -0.39 is 9.84 Å². The van der Waals surface area contributed by atoms with Gasteiger partial charge in [0.2, 0.25) is 0 Å². The van der Waals surface area contributed by atoms with E-state index in [1.807, 2.05) is 53.4 Å². The lowest BCUT2D eigenvalue weighted by Gasteiger charge is -2.34. The summed E-state index contributed by atoms with van der Waals surface area (Å²) >= 11 is 1.49. The van der Waals surface area contributed by atoms with E-state index in [1.54, 1.807) is 12.1 Å². The molecule has 5 rings (SSSR count). The molecule has 0 saturated carbocycles. The van der Waals surface area contributed by atoms with Gasteiger partial charge in [-0.2, -0.15) is 0 Å². The van der Waals surface area contributed by atoms with Gasteiger partial charge in [0, 0.05) is 38.0 Å². The summed E-state index contributed by atoms with van der Waals surface area (Å²) in [7, 11) is -3.34. The van der Waals surface area contributed by atoms with Crippen LogP contribution in [0.1, 0.15) is 10.4 Å². The number of para-hydroxylation sites is 1. The first-order valence-electron chi connectivity index (χ1n) is 10.0. The molecule has 0 unspecified atom stereocenters. The van der Waals surface area contributed by atoms with Gasteiger partial charge in [0.25, 0.3) is 5.91 Å². The number of rotatable bonds is 3. The number of anilines is 1. The van der Waals surface area contributed by atoms with Gasteiger partial charge in [0.1, 0.15) is 5.52 Å². The number of amides is 1. The Hall–Kier alpha value is -2.97. The maximum Gasteiger partial charge on any atom is 0.253 e. The van der Waals surface area contributed by atoms with E-state index in [1.165, 1.54) is 17.6 Å². The lowest BCUT2D eigenvalue weighted by molar-refractivity contribution is 0.0747. The van der Waals surface area contributed by atoms with Crippen molar-refractivity contribution >= 4 is 53.2 Å². The van der Waals surface area contributed by atoms with Crippen LogP contribution in [0.3, 0.4) is 0 Å². The molecule has 1 saturated heterocycles. The van der Waals surface area contributed by atoms with Gasteiger partial charge in [-0.05, 0) is 35.0 Å². The highest BCUT2D eigenvalue weighted by Crippen LogP contribution is 2.33. The van der Waals surface area contributed by atoms with Gasteiger partial charge in [-0.15, -0.1) is 0 Å². The zero-order valence-corrected chi connectivity index (χ0v) is 18.6. The summed E-state index contributed by atoms with van der Waals surface area (Å²) in [6, 6.07) is 19.1. The van der Waals surface area contributed by atoms with Crippen molar-refractivity contribution < 1.29 is 13.2 Å². The second-order valence-corrected chi connectivity index (χ2v) is 10.7. The molecule has 0 atom stereocenters. The van der Waals surface area contributed by atoms with Gasteiger partial charge in [0.15, 0.2) is 15.0 Å². The minimum absolute atomic E-state index is 0.0362. The Morgan fingerprint density at radius 2 is 1.68 bits per heavy atom. The third kappa shape index (κ3) is 3.77. The van der Waals surface area contributed by atoms with Crippen LogP contribution < -0.4 is 4.90 Å². The Balaban J connectivity index is 1.33. The van der Waals surface area contributed by atoms with E-state index in [2.05, 4.69) is 9.88 Å². The molecule has 31 heavy (non-hydrogen) atoms. The first kappa shape index (κ1) is 20.0. The van der Waals surface area contributed by atoms with Crippen molar-refractivity contribution in [1.29, 1.82) is 0 Å². The highest BCUT2D eigenvalue weighted by Gasteiger charge is 2.25. The molecule has 1 amide bonds. The Kier molecular flexibility index (Phi) is 4.91. The predicted molar refractivity (Wildman–Crippen MR) is 125 cm³/mol. The minimum Gasteiger partial charge on any atom is -0.345 e. The molecule has 1 aromatic heterocycles. The minimum atomic E-state index is -3.34. The number of sulfone groups is 1. The predicted octanol–water partition coefficient (Wildman–Crippen LogP) is 3.82. The van der Waals surface area contributed by atoms with Crippen LogP contribution in [0.15, 0.2) is 65.6 Å². The van der Waals surface area contributed by atoms with Crippen LogP contribution in [0.2, 0.25) is 0 Å². The van der Waals surface area contributed by atoms with E-state index in [4.69, 9.17) is 0 Å². The number of hydrogen-bond donors (Lipinski definition) is 0. The number of hydrogen-bond acceptors (Lipinski definition) is 6. The summed E-state index contributed by atoms with van der Waals surface area (Å²) in [6.07, 6.45) is 1.21. The summed E-state index contributed by atoms with van der Waals surface area (Å²) in [5.41, 5.74) is 1.23. The Bertz CT molecular complexity index is 1400. The largest absolute Gasteiger partial charge is 0.345 e. The normalized spacial score (nSPS) is 15.0. The maximum absolute atomic E-state index is 13.0. The highest BCUT2D eigenvalue weighted by molar-refractivity contribution is 7.91. The number of aromatic nitrogens is 1. The van der Waals surface area contributed by atoms with E-state index in [0.29, 0.717) is 37.3 Å². The molecule has 0 N–H and O–H groups in total. The molecule has 4 aromatic rings. The van der Waals surface area contributed by atoms with Crippen LogP contribution in [0, 0.1) is 0 Å². The number of benzene rings is 3. The SMILES string of the molecule is CS(=O)(=O)c1cccc2sc(N3CCN(C(=O)c4ccc5ccccc5c4)CC3)nc12. The first-order valence-corrected chi connectivity index (χ1v) is 12.7. The molecule has 8 heteroatoms. The average molecular weight is 452 g/mol. The monoisotopic (exact) mass is 451 g/mol. The lowest BCUT2D eigenvalue weighted by atomic mass is 10.1. The Morgan fingerprint density at radius 1 is 0.935 bits per heavy atom. The van der Waals surface area contributed by atoms with Crippen molar-refractivity contribution in [3.63, 3.8) is 0 Å². The second-order valence-electron chi connectivity index (χ2n) is 7.71. The van der Waals surface area contributed by atoms with Crippen molar-refractivity contribution in [3.8, 4) is 0 Å². The molecule has 3 aromatic carbocycles. The average Bonchev–Trinajstić information content (AvgIpc) is 3.22. The molecule has 1 fully saturated rings. The topological polar surface area (TPSA) is 70.6 Å². The Morgan fingerprint density at radius 3 is 2.42 bits per heavy atom. The zero-order chi connectivity index (χ0) is 21.6. The standard InChI is InChI=1S/C23H21N3O3S2/c1-31(28,29)20-8-4-7-19-21(20)24-23(30-19)26-13-11-25(12-14-26)22(27)18-10-9-16-5-2-3-6-17(16)15-18/h2-10,15H,11-14H2,1H3. The molecule has 2 heterocycles. The summed E-state index contributed by atoms with van der Waals surface area (Å²) < 4.78 is 25.0. The van der Waals surface area contributed by atoms with Crippen molar-refractivity contribution in [3.05, 3.63) is 66.2 Å². The number of piperazine rings is 1. The molecular formula is C23H21N3O3S2. The molecule has 0 aliphatic carbocycles. The van der Waals surface area contributed by atoms with E-state index >= 15 is 0 Å². The number of fused-ring (bicyclic) bond motifs is 2.